The van der Waals surface area contributed by atoms with Gasteiger partial charge in [-0.2, -0.15) is 0 Å². The summed E-state index contributed by atoms with van der Waals surface area (Å²) in [6, 6.07) is 79.9. The Labute approximate surface area is 345 Å². The van der Waals surface area contributed by atoms with E-state index in [1.54, 1.807) is 0 Å². The van der Waals surface area contributed by atoms with Crippen molar-refractivity contribution < 1.29 is 0 Å². The van der Waals surface area contributed by atoms with E-state index < -0.39 is 0 Å². The van der Waals surface area contributed by atoms with Crippen LogP contribution in [-0.4, -0.2) is 4.57 Å². The number of para-hydroxylation sites is 2. The van der Waals surface area contributed by atoms with Gasteiger partial charge in [-0.05, 0) is 93.0 Å². The summed E-state index contributed by atoms with van der Waals surface area (Å²) in [7, 11) is 0. The summed E-state index contributed by atoms with van der Waals surface area (Å²) in [5.41, 5.74) is 19.2. The van der Waals surface area contributed by atoms with Crippen molar-refractivity contribution in [1.29, 1.82) is 0 Å². The zero-order valence-corrected chi connectivity index (χ0v) is 33.2. The molecule has 0 unspecified atom stereocenters. The number of hydrogen-bond acceptors (Lipinski definition) is 1. The van der Waals surface area contributed by atoms with Gasteiger partial charge in [-0.25, -0.2) is 0 Å². The molecule has 0 radical (unpaired) electrons. The molecule has 59 heavy (non-hydrogen) atoms. The van der Waals surface area contributed by atoms with Gasteiger partial charge in [0.05, 0.1) is 22.4 Å². The summed E-state index contributed by atoms with van der Waals surface area (Å²) in [6.45, 7) is 4.73. The molecule has 0 amide bonds. The SMILES string of the molecule is CC1(C)c2ccccc2-c2ccc(N(c3ccc4c5ccccc5n(-c5ccccc5-c5ccccc5)c4c3)c3ccc(-c4ccccc4)cc3-c3ccccc3)cc21. The molecule has 2 heteroatoms. The fourth-order valence-electron chi connectivity index (χ4n) is 9.54. The molecule has 0 saturated heterocycles. The van der Waals surface area contributed by atoms with Crippen molar-refractivity contribution in [2.24, 2.45) is 0 Å². The second kappa shape index (κ2) is 13.9. The molecule has 11 rings (SSSR count). The fourth-order valence-corrected chi connectivity index (χ4v) is 9.54. The van der Waals surface area contributed by atoms with E-state index in [1.807, 2.05) is 0 Å². The van der Waals surface area contributed by atoms with Gasteiger partial charge in [0, 0.05) is 38.7 Å². The van der Waals surface area contributed by atoms with E-state index in [9.17, 15) is 0 Å². The van der Waals surface area contributed by atoms with Gasteiger partial charge in [0.25, 0.3) is 0 Å². The number of fused-ring (bicyclic) bond motifs is 6. The van der Waals surface area contributed by atoms with Crippen LogP contribution in [0, 0.1) is 0 Å². The Kier molecular flexibility index (Phi) is 8.20. The van der Waals surface area contributed by atoms with Crippen molar-refractivity contribution in [1.82, 2.24) is 4.57 Å². The summed E-state index contributed by atoms with van der Waals surface area (Å²) in [4.78, 5) is 2.49. The number of aromatic nitrogens is 1. The van der Waals surface area contributed by atoms with Crippen molar-refractivity contribution in [3.05, 3.63) is 230 Å². The third-order valence-corrected chi connectivity index (χ3v) is 12.4. The first-order valence-electron chi connectivity index (χ1n) is 20.5. The zero-order chi connectivity index (χ0) is 39.5. The lowest BCUT2D eigenvalue weighted by atomic mass is 9.82. The lowest BCUT2D eigenvalue weighted by Crippen LogP contribution is -2.17. The van der Waals surface area contributed by atoms with Gasteiger partial charge in [-0.3, -0.25) is 0 Å². The molecule has 0 fully saturated rings. The van der Waals surface area contributed by atoms with Crippen molar-refractivity contribution in [2.75, 3.05) is 4.90 Å². The maximum absolute atomic E-state index is 2.49. The van der Waals surface area contributed by atoms with Gasteiger partial charge >= 0.3 is 0 Å². The molecule has 9 aromatic carbocycles. The summed E-state index contributed by atoms with van der Waals surface area (Å²) < 4.78 is 2.47. The third kappa shape index (κ3) is 5.71. The third-order valence-electron chi connectivity index (χ3n) is 12.4. The Morgan fingerprint density at radius 1 is 0.356 bits per heavy atom. The minimum Gasteiger partial charge on any atom is -0.310 e. The van der Waals surface area contributed by atoms with Crippen LogP contribution in [-0.2, 0) is 5.41 Å². The summed E-state index contributed by atoms with van der Waals surface area (Å²) in [5, 5.41) is 2.46. The molecule has 0 N–H and O–H groups in total. The summed E-state index contributed by atoms with van der Waals surface area (Å²) in [5.74, 6) is 0. The van der Waals surface area contributed by atoms with Crippen LogP contribution in [0.2, 0.25) is 0 Å². The van der Waals surface area contributed by atoms with E-state index >= 15 is 0 Å². The van der Waals surface area contributed by atoms with Gasteiger partial charge in [0.2, 0.25) is 0 Å². The first kappa shape index (κ1) is 34.8. The highest BCUT2D eigenvalue weighted by molar-refractivity contribution is 6.11. The number of rotatable bonds is 7. The maximum atomic E-state index is 2.49. The molecular formula is C57H42N2. The molecule has 1 aromatic heterocycles. The number of hydrogen-bond donors (Lipinski definition) is 0. The van der Waals surface area contributed by atoms with E-state index in [0.717, 1.165) is 28.3 Å². The van der Waals surface area contributed by atoms with Crippen molar-refractivity contribution in [3.8, 4) is 50.2 Å². The first-order valence-corrected chi connectivity index (χ1v) is 20.5. The normalized spacial score (nSPS) is 12.7. The van der Waals surface area contributed by atoms with Crippen LogP contribution in [0.15, 0.2) is 218 Å². The second-order valence-corrected chi connectivity index (χ2v) is 16.1. The van der Waals surface area contributed by atoms with Crippen molar-refractivity contribution in [2.45, 2.75) is 19.3 Å². The van der Waals surface area contributed by atoms with Crippen LogP contribution in [0.4, 0.5) is 17.1 Å². The molecule has 0 bridgehead atoms. The molecule has 10 aromatic rings. The molecule has 1 aliphatic rings. The van der Waals surface area contributed by atoms with Crippen molar-refractivity contribution in [3.63, 3.8) is 0 Å². The standard InChI is InChI=1S/C57H42N2/c1-57(2)51-27-15-12-25-46(51)47-33-31-43(37-52(47)57)58(55-35-30-42(39-18-6-3-7-19-39)36-50(55)41-22-10-5-11-23-41)44-32-34-49-48-26-14-17-29-54(48)59(56(49)38-44)53-28-16-13-24-45(53)40-20-8-4-9-21-40/h3-38H,1-2H3. The Bertz CT molecular complexity index is 3170. The molecule has 1 aliphatic carbocycles. The Morgan fingerprint density at radius 2 is 0.915 bits per heavy atom. The monoisotopic (exact) mass is 754 g/mol. The Morgan fingerprint density at radius 3 is 1.68 bits per heavy atom. The molecule has 0 spiro atoms. The summed E-state index contributed by atoms with van der Waals surface area (Å²) in [6.07, 6.45) is 0. The highest BCUT2D eigenvalue weighted by atomic mass is 15.1. The smallest absolute Gasteiger partial charge is 0.0562 e. The average molecular weight is 755 g/mol. The van der Waals surface area contributed by atoms with Crippen LogP contribution >= 0.6 is 0 Å². The van der Waals surface area contributed by atoms with Gasteiger partial charge in [0.1, 0.15) is 0 Å². The molecule has 0 saturated carbocycles. The first-order chi connectivity index (χ1) is 29.0. The topological polar surface area (TPSA) is 8.17 Å². The van der Waals surface area contributed by atoms with E-state index in [2.05, 4.69) is 242 Å². The van der Waals surface area contributed by atoms with Crippen LogP contribution in [0.25, 0.3) is 72.0 Å². The lowest BCUT2D eigenvalue weighted by Gasteiger charge is -2.30. The van der Waals surface area contributed by atoms with Crippen molar-refractivity contribution >= 4 is 38.9 Å². The predicted octanol–water partition coefficient (Wildman–Crippen LogP) is 15.6. The Balaban J connectivity index is 1.19. The predicted molar refractivity (Wildman–Crippen MR) is 249 cm³/mol. The largest absolute Gasteiger partial charge is 0.310 e. The fraction of sp³-hybridized carbons (Fsp3) is 0.0526. The van der Waals surface area contributed by atoms with Crippen LogP contribution in [0.5, 0.6) is 0 Å². The minimum atomic E-state index is -0.148. The molecule has 0 atom stereocenters. The highest BCUT2D eigenvalue weighted by Crippen LogP contribution is 2.52. The van der Waals surface area contributed by atoms with Gasteiger partial charge in [-0.1, -0.05) is 184 Å². The average Bonchev–Trinajstić information content (AvgIpc) is 3.75. The maximum Gasteiger partial charge on any atom is 0.0562 e. The number of benzene rings is 9. The second-order valence-electron chi connectivity index (χ2n) is 16.1. The van der Waals surface area contributed by atoms with Gasteiger partial charge < -0.3 is 9.47 Å². The number of anilines is 3. The minimum absolute atomic E-state index is 0.148. The molecule has 0 aliphatic heterocycles. The quantitative estimate of drug-likeness (QED) is 0.157. The molecule has 2 nitrogen and oxygen atoms in total. The van der Waals surface area contributed by atoms with E-state index in [1.165, 1.54) is 71.9 Å². The summed E-state index contributed by atoms with van der Waals surface area (Å²) >= 11 is 0. The van der Waals surface area contributed by atoms with Crippen LogP contribution in [0.3, 0.4) is 0 Å². The Hall–Kier alpha value is -7.42. The molecular weight excluding hydrogens is 713 g/mol. The van der Waals surface area contributed by atoms with E-state index in [-0.39, 0.29) is 5.41 Å². The van der Waals surface area contributed by atoms with E-state index in [4.69, 9.17) is 0 Å². The number of nitrogens with zero attached hydrogens (tertiary/aromatic N) is 2. The lowest BCUT2D eigenvalue weighted by molar-refractivity contribution is 0.660. The van der Waals surface area contributed by atoms with Gasteiger partial charge in [0.15, 0.2) is 0 Å². The van der Waals surface area contributed by atoms with Gasteiger partial charge in [-0.15, -0.1) is 0 Å². The molecule has 1 heterocycles. The highest BCUT2D eigenvalue weighted by Gasteiger charge is 2.36. The van der Waals surface area contributed by atoms with Crippen LogP contribution < -0.4 is 4.90 Å². The van der Waals surface area contributed by atoms with Crippen LogP contribution in [0.1, 0.15) is 25.0 Å². The zero-order valence-electron chi connectivity index (χ0n) is 33.2. The van der Waals surface area contributed by atoms with E-state index in [0.29, 0.717) is 0 Å². The molecule has 280 valence electrons.